The van der Waals surface area contributed by atoms with Crippen LogP contribution in [0.3, 0.4) is 0 Å². The van der Waals surface area contributed by atoms with Crippen LogP contribution in [0.15, 0.2) is 34.2 Å². The Labute approximate surface area is 155 Å². The third-order valence-corrected chi connectivity index (χ3v) is 6.76. The minimum atomic E-state index is -3.10. The summed E-state index contributed by atoms with van der Waals surface area (Å²) in [5.74, 6) is -0.602. The lowest BCUT2D eigenvalue weighted by atomic mass is 10.2. The maximum absolute atomic E-state index is 12.7. The molecule has 2 aromatic rings. The van der Waals surface area contributed by atoms with Gasteiger partial charge in [0, 0.05) is 6.04 Å². The Bertz CT molecular complexity index is 998. The number of benzene rings is 1. The fraction of sp³-hybridized carbons (Fsp3) is 0.471. The summed E-state index contributed by atoms with van der Waals surface area (Å²) in [7, 11) is -3.10. The molecule has 26 heavy (non-hydrogen) atoms. The maximum atomic E-state index is 12.7. The Morgan fingerprint density at radius 1 is 1.38 bits per heavy atom. The minimum absolute atomic E-state index is 0.0337. The Kier molecular flexibility index (Phi) is 5.38. The van der Waals surface area contributed by atoms with Crippen LogP contribution in [-0.2, 0) is 19.4 Å². The zero-order valence-electron chi connectivity index (χ0n) is 14.5. The van der Waals surface area contributed by atoms with Gasteiger partial charge in [-0.15, -0.1) is 0 Å². The lowest BCUT2D eigenvalue weighted by Gasteiger charge is -2.16. The summed E-state index contributed by atoms with van der Waals surface area (Å²) < 4.78 is 29.7. The zero-order valence-corrected chi connectivity index (χ0v) is 16.2. The van der Waals surface area contributed by atoms with Crippen LogP contribution in [0.1, 0.15) is 26.3 Å². The van der Waals surface area contributed by atoms with Crippen molar-refractivity contribution in [2.45, 2.75) is 37.6 Å². The molecule has 1 aromatic heterocycles. The number of rotatable bonds is 5. The second kappa shape index (κ2) is 7.40. The van der Waals surface area contributed by atoms with Crippen LogP contribution in [-0.4, -0.2) is 47.3 Å². The number of hydrogen-bond donors (Lipinski definition) is 0. The highest BCUT2D eigenvalue weighted by atomic mass is 32.2. The molecule has 1 atom stereocenters. The van der Waals surface area contributed by atoms with E-state index in [4.69, 9.17) is 4.74 Å². The second-order valence-electron chi connectivity index (χ2n) is 6.48. The fourth-order valence-electron chi connectivity index (χ4n) is 2.88. The molecule has 0 radical (unpaired) electrons. The van der Waals surface area contributed by atoms with Gasteiger partial charge in [0.15, 0.2) is 15.0 Å². The molecule has 3 rings (SSSR count). The van der Waals surface area contributed by atoms with E-state index in [1.54, 1.807) is 28.8 Å². The Balaban J connectivity index is 1.77. The highest BCUT2D eigenvalue weighted by Crippen LogP contribution is 2.22. The predicted molar refractivity (Wildman–Crippen MR) is 100 cm³/mol. The van der Waals surface area contributed by atoms with Crippen LogP contribution in [0.5, 0.6) is 0 Å². The van der Waals surface area contributed by atoms with Gasteiger partial charge in [-0.05, 0) is 32.4 Å². The number of fused-ring (bicyclic) bond motifs is 1. The van der Waals surface area contributed by atoms with E-state index in [9.17, 15) is 18.0 Å². The standard InChI is InChI=1S/C17H20N2O5S2/c1-11(2)19-16(21)13-5-3-4-6-14(13)18-17(19)25-9-15(20)24-12-7-8-26(22,23)10-12/h3-6,11-12H,7-10H2,1-2H3/t12-/m1/s1. The van der Waals surface area contributed by atoms with Crippen molar-refractivity contribution >= 4 is 38.5 Å². The molecule has 9 heteroatoms. The van der Waals surface area contributed by atoms with E-state index in [2.05, 4.69) is 4.98 Å². The molecule has 7 nitrogen and oxygen atoms in total. The molecular weight excluding hydrogens is 376 g/mol. The minimum Gasteiger partial charge on any atom is -0.461 e. The monoisotopic (exact) mass is 396 g/mol. The van der Waals surface area contributed by atoms with Crippen LogP contribution in [0.2, 0.25) is 0 Å². The molecule has 140 valence electrons. The average Bonchev–Trinajstić information content (AvgIpc) is 2.91. The van der Waals surface area contributed by atoms with Gasteiger partial charge >= 0.3 is 5.97 Å². The number of esters is 1. The second-order valence-corrected chi connectivity index (χ2v) is 9.66. The third-order valence-electron chi connectivity index (χ3n) is 4.10. The highest BCUT2D eigenvalue weighted by Gasteiger charge is 2.30. The number of ether oxygens (including phenoxy) is 1. The molecule has 1 aromatic carbocycles. The van der Waals surface area contributed by atoms with Crippen molar-refractivity contribution in [2.75, 3.05) is 17.3 Å². The molecule has 2 heterocycles. The first-order valence-electron chi connectivity index (χ1n) is 8.31. The number of carbonyl (C=O) groups excluding carboxylic acids is 1. The number of thioether (sulfide) groups is 1. The van der Waals surface area contributed by atoms with E-state index >= 15 is 0 Å². The van der Waals surface area contributed by atoms with Crippen molar-refractivity contribution in [3.8, 4) is 0 Å². The van der Waals surface area contributed by atoms with E-state index in [1.165, 1.54) is 0 Å². The molecule has 1 fully saturated rings. The Hall–Kier alpha value is -1.87. The van der Waals surface area contributed by atoms with E-state index in [1.807, 2.05) is 13.8 Å². The summed E-state index contributed by atoms with van der Waals surface area (Å²) in [6.07, 6.45) is -0.242. The lowest BCUT2D eigenvalue weighted by molar-refractivity contribution is -0.144. The molecule has 0 bridgehead atoms. The Morgan fingerprint density at radius 3 is 2.77 bits per heavy atom. The summed E-state index contributed by atoms with van der Waals surface area (Å²) in [6, 6.07) is 6.96. The van der Waals surface area contributed by atoms with E-state index < -0.39 is 21.9 Å². The molecule has 0 saturated carbocycles. The first kappa shape index (κ1) is 18.9. The number of carbonyl (C=O) groups is 1. The highest BCUT2D eigenvalue weighted by molar-refractivity contribution is 7.99. The van der Waals surface area contributed by atoms with Gasteiger partial charge in [-0.25, -0.2) is 13.4 Å². The summed E-state index contributed by atoms with van der Waals surface area (Å²) in [5.41, 5.74) is 0.426. The molecule has 0 aliphatic carbocycles. The van der Waals surface area contributed by atoms with Gasteiger partial charge in [0.25, 0.3) is 5.56 Å². The quantitative estimate of drug-likeness (QED) is 0.432. The first-order chi connectivity index (χ1) is 12.3. The lowest BCUT2D eigenvalue weighted by Crippen LogP contribution is -2.26. The van der Waals surface area contributed by atoms with Crippen LogP contribution in [0.25, 0.3) is 10.9 Å². The number of aromatic nitrogens is 2. The summed E-state index contributed by atoms with van der Waals surface area (Å²) in [5, 5.41) is 0.976. The average molecular weight is 396 g/mol. The van der Waals surface area contributed by atoms with Gasteiger partial charge in [-0.1, -0.05) is 23.9 Å². The van der Waals surface area contributed by atoms with Gasteiger partial charge in [0.05, 0.1) is 28.2 Å². The van der Waals surface area contributed by atoms with Crippen molar-refractivity contribution in [3.63, 3.8) is 0 Å². The topological polar surface area (TPSA) is 95.3 Å². The molecule has 0 unspecified atom stereocenters. The summed E-state index contributed by atoms with van der Waals surface area (Å²) in [6.45, 7) is 3.76. The van der Waals surface area contributed by atoms with Crippen molar-refractivity contribution in [3.05, 3.63) is 34.6 Å². The summed E-state index contributed by atoms with van der Waals surface area (Å²) >= 11 is 1.12. The predicted octanol–water partition coefficient (Wildman–Crippen LogP) is 1.80. The van der Waals surface area contributed by atoms with Crippen LogP contribution >= 0.6 is 11.8 Å². The van der Waals surface area contributed by atoms with E-state index in [0.29, 0.717) is 22.5 Å². The van der Waals surface area contributed by atoms with Crippen LogP contribution in [0, 0.1) is 0 Å². The summed E-state index contributed by atoms with van der Waals surface area (Å²) in [4.78, 5) is 29.3. The zero-order chi connectivity index (χ0) is 18.9. The SMILES string of the molecule is CC(C)n1c(SCC(=O)O[C@@H]2CCS(=O)(=O)C2)nc2ccccc2c1=O. The molecule has 0 N–H and O–H groups in total. The van der Waals surface area contributed by atoms with Gasteiger partial charge < -0.3 is 4.74 Å². The molecule has 0 spiro atoms. The van der Waals surface area contributed by atoms with Crippen molar-refractivity contribution in [1.29, 1.82) is 0 Å². The van der Waals surface area contributed by atoms with E-state index in [0.717, 1.165) is 11.8 Å². The molecular formula is C17H20N2O5S2. The van der Waals surface area contributed by atoms with Crippen molar-refractivity contribution in [1.82, 2.24) is 9.55 Å². The largest absolute Gasteiger partial charge is 0.461 e. The normalized spacial score (nSPS) is 19.1. The van der Waals surface area contributed by atoms with Crippen molar-refractivity contribution in [2.24, 2.45) is 0 Å². The third kappa shape index (κ3) is 4.09. The number of sulfone groups is 1. The van der Waals surface area contributed by atoms with Crippen LogP contribution < -0.4 is 5.56 Å². The number of nitrogens with zero attached hydrogens (tertiary/aromatic N) is 2. The maximum Gasteiger partial charge on any atom is 0.316 e. The van der Waals surface area contributed by atoms with Gasteiger partial charge in [0.2, 0.25) is 0 Å². The van der Waals surface area contributed by atoms with Gasteiger partial charge in [-0.2, -0.15) is 0 Å². The molecule has 1 aliphatic heterocycles. The van der Waals surface area contributed by atoms with Crippen molar-refractivity contribution < 1.29 is 17.9 Å². The smallest absolute Gasteiger partial charge is 0.316 e. The molecule has 0 amide bonds. The molecule has 1 aliphatic rings. The first-order valence-corrected chi connectivity index (χ1v) is 11.1. The Morgan fingerprint density at radius 2 is 2.12 bits per heavy atom. The van der Waals surface area contributed by atoms with Gasteiger partial charge in [0.1, 0.15) is 6.10 Å². The van der Waals surface area contributed by atoms with Crippen LogP contribution in [0.4, 0.5) is 0 Å². The number of para-hydroxylation sites is 1. The number of hydrogen-bond acceptors (Lipinski definition) is 7. The molecule has 1 saturated heterocycles. The fourth-order valence-corrected chi connectivity index (χ4v) is 5.38. The van der Waals surface area contributed by atoms with E-state index in [-0.39, 0.29) is 28.9 Å². The van der Waals surface area contributed by atoms with Gasteiger partial charge in [-0.3, -0.25) is 14.2 Å².